The Morgan fingerprint density at radius 1 is 0.733 bits per heavy atom. The highest BCUT2D eigenvalue weighted by Gasteiger charge is 1.96. The molecular weight excluding hydrogens is 250 g/mol. The summed E-state index contributed by atoms with van der Waals surface area (Å²) in [5, 5.41) is 3.72. The normalized spacial score (nSPS) is 10.1. The first-order valence-electron chi connectivity index (χ1n) is 4.67. The van der Waals surface area contributed by atoms with Gasteiger partial charge >= 0.3 is 0 Å². The molecule has 0 aliphatic heterocycles. The van der Waals surface area contributed by atoms with Crippen molar-refractivity contribution in [3.05, 3.63) is 54.7 Å². The summed E-state index contributed by atoms with van der Waals surface area (Å²) >= 11 is 0. The lowest BCUT2D eigenvalue weighted by atomic mass is 10.1. The van der Waals surface area contributed by atoms with E-state index in [4.69, 9.17) is 0 Å². The molecule has 0 amide bonds. The molecule has 2 aromatic carbocycles. The second-order valence-electron chi connectivity index (χ2n) is 3.40. The standard InChI is InChI=1S/C13H9N.BrH/c1-2-5-11-9-13-12(6-3-7-14-13)8-10(11)4-1;/h1-9H;1H. The number of fused-ring (bicyclic) bond motifs is 2. The predicted molar refractivity (Wildman–Crippen MR) is 69.6 cm³/mol. The van der Waals surface area contributed by atoms with E-state index >= 15 is 0 Å². The Bertz CT molecular complexity index is 499. The van der Waals surface area contributed by atoms with Gasteiger partial charge in [-0.25, -0.2) is 0 Å². The van der Waals surface area contributed by atoms with E-state index in [2.05, 4.69) is 47.4 Å². The van der Waals surface area contributed by atoms with Crippen molar-refractivity contribution in [1.82, 2.24) is 4.98 Å². The van der Waals surface area contributed by atoms with Gasteiger partial charge in [0.1, 0.15) is 0 Å². The Morgan fingerprint density at radius 2 is 1.40 bits per heavy atom. The predicted octanol–water partition coefficient (Wildman–Crippen LogP) is 3.97. The number of nitrogens with zero attached hydrogens (tertiary/aromatic N) is 1. The Morgan fingerprint density at radius 3 is 2.20 bits per heavy atom. The Hall–Kier alpha value is -1.41. The molecule has 0 saturated heterocycles. The van der Waals surface area contributed by atoms with E-state index in [0.29, 0.717) is 0 Å². The topological polar surface area (TPSA) is 12.9 Å². The smallest absolute Gasteiger partial charge is 0.0708 e. The highest BCUT2D eigenvalue weighted by Crippen LogP contribution is 2.20. The third-order valence-corrected chi connectivity index (χ3v) is 2.47. The summed E-state index contributed by atoms with van der Waals surface area (Å²) in [7, 11) is 0. The van der Waals surface area contributed by atoms with Crippen LogP contribution >= 0.6 is 17.0 Å². The van der Waals surface area contributed by atoms with Gasteiger partial charge < -0.3 is 0 Å². The minimum Gasteiger partial charge on any atom is -0.256 e. The first-order valence-corrected chi connectivity index (χ1v) is 4.67. The van der Waals surface area contributed by atoms with Gasteiger partial charge in [0.25, 0.3) is 0 Å². The largest absolute Gasteiger partial charge is 0.256 e. The average molecular weight is 260 g/mol. The maximum absolute atomic E-state index is 4.33. The van der Waals surface area contributed by atoms with E-state index in [-0.39, 0.29) is 17.0 Å². The van der Waals surface area contributed by atoms with Crippen molar-refractivity contribution in [2.24, 2.45) is 0 Å². The van der Waals surface area contributed by atoms with Crippen molar-refractivity contribution in [2.75, 3.05) is 0 Å². The molecule has 1 aromatic heterocycles. The molecule has 0 radical (unpaired) electrons. The molecule has 3 rings (SSSR count). The van der Waals surface area contributed by atoms with Crippen LogP contribution in [0.4, 0.5) is 0 Å². The zero-order valence-corrected chi connectivity index (χ0v) is 9.76. The van der Waals surface area contributed by atoms with Gasteiger partial charge in [0.15, 0.2) is 0 Å². The Kier molecular flexibility index (Phi) is 2.69. The van der Waals surface area contributed by atoms with Crippen molar-refractivity contribution >= 4 is 38.7 Å². The summed E-state index contributed by atoms with van der Waals surface area (Å²) in [4.78, 5) is 4.33. The molecule has 74 valence electrons. The van der Waals surface area contributed by atoms with Crippen molar-refractivity contribution in [1.29, 1.82) is 0 Å². The van der Waals surface area contributed by atoms with E-state index in [0.717, 1.165) is 5.52 Å². The molecule has 0 aliphatic carbocycles. The van der Waals surface area contributed by atoms with Crippen LogP contribution in [0.2, 0.25) is 0 Å². The van der Waals surface area contributed by atoms with E-state index < -0.39 is 0 Å². The van der Waals surface area contributed by atoms with Gasteiger partial charge in [-0.3, -0.25) is 4.98 Å². The van der Waals surface area contributed by atoms with Crippen LogP contribution in [0, 0.1) is 0 Å². The lowest BCUT2D eigenvalue weighted by Gasteiger charge is -2.00. The molecule has 0 bridgehead atoms. The van der Waals surface area contributed by atoms with Crippen LogP contribution in [0.5, 0.6) is 0 Å². The maximum Gasteiger partial charge on any atom is 0.0708 e. The molecule has 1 heterocycles. The van der Waals surface area contributed by atoms with Crippen molar-refractivity contribution in [2.45, 2.75) is 0 Å². The molecule has 0 aliphatic rings. The number of pyridine rings is 1. The van der Waals surface area contributed by atoms with Crippen LogP contribution in [0.25, 0.3) is 21.7 Å². The second kappa shape index (κ2) is 3.99. The number of hydrogen-bond acceptors (Lipinski definition) is 1. The van der Waals surface area contributed by atoms with Gasteiger partial charge in [0, 0.05) is 11.6 Å². The molecule has 0 atom stereocenters. The van der Waals surface area contributed by atoms with Crippen molar-refractivity contribution < 1.29 is 0 Å². The summed E-state index contributed by atoms with van der Waals surface area (Å²) in [5.74, 6) is 0. The first kappa shape index (κ1) is 10.1. The molecule has 0 saturated carbocycles. The van der Waals surface area contributed by atoms with Crippen LogP contribution in [0.15, 0.2) is 54.7 Å². The van der Waals surface area contributed by atoms with E-state index in [1.807, 2.05) is 12.3 Å². The van der Waals surface area contributed by atoms with Gasteiger partial charge in [0.05, 0.1) is 5.52 Å². The van der Waals surface area contributed by atoms with Gasteiger partial charge in [-0.15, -0.1) is 17.0 Å². The van der Waals surface area contributed by atoms with E-state index in [9.17, 15) is 0 Å². The fourth-order valence-electron chi connectivity index (χ4n) is 1.76. The minimum absolute atomic E-state index is 0. The van der Waals surface area contributed by atoms with E-state index in [1.165, 1.54) is 16.2 Å². The molecule has 1 nitrogen and oxygen atoms in total. The zero-order chi connectivity index (χ0) is 9.38. The monoisotopic (exact) mass is 259 g/mol. The van der Waals surface area contributed by atoms with Crippen LogP contribution < -0.4 is 0 Å². The number of benzene rings is 2. The summed E-state index contributed by atoms with van der Waals surface area (Å²) < 4.78 is 0. The van der Waals surface area contributed by atoms with Gasteiger partial charge in [-0.2, -0.15) is 0 Å². The molecule has 3 aromatic rings. The quantitative estimate of drug-likeness (QED) is 0.557. The minimum atomic E-state index is 0. The summed E-state index contributed by atoms with van der Waals surface area (Å²) in [6, 6.07) is 16.7. The second-order valence-corrected chi connectivity index (χ2v) is 3.40. The number of hydrogen-bond donors (Lipinski definition) is 0. The molecule has 0 fully saturated rings. The molecule has 0 unspecified atom stereocenters. The number of rotatable bonds is 0. The Labute approximate surface area is 98.5 Å². The lowest BCUT2D eigenvalue weighted by Crippen LogP contribution is -1.78. The first-order chi connectivity index (χ1) is 6.93. The Balaban J connectivity index is 0.000000853. The molecule has 2 heteroatoms. The zero-order valence-electron chi connectivity index (χ0n) is 8.05. The van der Waals surface area contributed by atoms with Crippen molar-refractivity contribution in [3.63, 3.8) is 0 Å². The van der Waals surface area contributed by atoms with Gasteiger partial charge in [0.2, 0.25) is 0 Å². The van der Waals surface area contributed by atoms with Crippen LogP contribution in [0.1, 0.15) is 0 Å². The van der Waals surface area contributed by atoms with Gasteiger partial charge in [-0.05, 0) is 29.0 Å². The summed E-state index contributed by atoms with van der Waals surface area (Å²) in [6.07, 6.45) is 1.83. The van der Waals surface area contributed by atoms with E-state index in [1.54, 1.807) is 0 Å². The average Bonchev–Trinajstić information content (AvgIpc) is 2.26. The van der Waals surface area contributed by atoms with Crippen LogP contribution in [-0.2, 0) is 0 Å². The third kappa shape index (κ3) is 1.73. The maximum atomic E-state index is 4.33. The fourth-order valence-corrected chi connectivity index (χ4v) is 1.76. The highest BCUT2D eigenvalue weighted by molar-refractivity contribution is 8.93. The molecular formula is C13H10BrN. The molecule has 0 N–H and O–H groups in total. The van der Waals surface area contributed by atoms with Gasteiger partial charge in [-0.1, -0.05) is 30.3 Å². The highest BCUT2D eigenvalue weighted by atomic mass is 79.9. The number of aromatic nitrogens is 1. The van der Waals surface area contributed by atoms with Crippen LogP contribution in [-0.4, -0.2) is 4.98 Å². The third-order valence-electron chi connectivity index (χ3n) is 2.47. The SMILES string of the molecule is Br.c1ccc2cc3ncccc3cc2c1. The van der Waals surface area contributed by atoms with Crippen molar-refractivity contribution in [3.8, 4) is 0 Å². The summed E-state index contributed by atoms with van der Waals surface area (Å²) in [5.41, 5.74) is 1.06. The number of halogens is 1. The fraction of sp³-hybridized carbons (Fsp3) is 0. The van der Waals surface area contributed by atoms with Crippen LogP contribution in [0.3, 0.4) is 0 Å². The molecule has 15 heavy (non-hydrogen) atoms. The molecule has 0 spiro atoms. The lowest BCUT2D eigenvalue weighted by molar-refractivity contribution is 1.42. The summed E-state index contributed by atoms with van der Waals surface area (Å²) in [6.45, 7) is 0.